The first kappa shape index (κ1) is 22.9. The van der Waals surface area contributed by atoms with Gasteiger partial charge in [0, 0.05) is 34.6 Å². The lowest BCUT2D eigenvalue weighted by Gasteiger charge is -2.43. The van der Waals surface area contributed by atoms with E-state index < -0.39 is 53.7 Å². The van der Waals surface area contributed by atoms with E-state index in [1.54, 1.807) is 0 Å². The molecule has 0 amide bonds. The van der Waals surface area contributed by atoms with Crippen LogP contribution >= 0.6 is 11.8 Å². The Labute approximate surface area is 160 Å². The summed E-state index contributed by atoms with van der Waals surface area (Å²) in [5.41, 5.74) is -1.07. The first-order valence-electron chi connectivity index (χ1n) is 7.99. The third-order valence-corrected chi connectivity index (χ3v) is 4.17. The molecule has 1 saturated heterocycles. The number of carbonyl (C=O) groups excluding carboxylic acids is 5. The number of carbonyl (C=O) groups is 5. The maximum Gasteiger partial charge on any atom is 0.303 e. The van der Waals surface area contributed by atoms with Gasteiger partial charge in [-0.2, -0.15) is 0 Å². The maximum absolute atomic E-state index is 11.6. The molecule has 0 aromatic rings. The predicted molar refractivity (Wildman–Crippen MR) is 90.2 cm³/mol. The van der Waals surface area contributed by atoms with Crippen molar-refractivity contribution in [2.75, 3.05) is 6.61 Å². The van der Waals surface area contributed by atoms with Crippen molar-refractivity contribution in [2.45, 2.75) is 64.5 Å². The Morgan fingerprint density at radius 2 is 1.22 bits per heavy atom. The predicted octanol–water partition coefficient (Wildman–Crippen LogP) is 0.349. The summed E-state index contributed by atoms with van der Waals surface area (Å²) < 4.78 is 26.2. The Hall–Kier alpha value is -2.14. The van der Waals surface area contributed by atoms with Gasteiger partial charge in [0.1, 0.15) is 12.7 Å². The van der Waals surface area contributed by atoms with Crippen LogP contribution in [-0.4, -0.2) is 65.5 Å². The molecule has 10 nitrogen and oxygen atoms in total. The molecule has 0 saturated carbocycles. The number of hydrogen-bond acceptors (Lipinski definition) is 11. The van der Waals surface area contributed by atoms with E-state index >= 15 is 0 Å². The van der Waals surface area contributed by atoms with E-state index in [1.807, 2.05) is 0 Å². The molecule has 0 radical (unpaired) electrons. The zero-order chi connectivity index (χ0) is 20.7. The fraction of sp³-hybridized carbons (Fsp3) is 0.688. The van der Waals surface area contributed by atoms with E-state index in [0.29, 0.717) is 11.8 Å². The van der Waals surface area contributed by atoms with Crippen molar-refractivity contribution in [3.8, 4) is 0 Å². The largest absolute Gasteiger partial charge is 0.463 e. The fourth-order valence-corrected chi connectivity index (χ4v) is 3.32. The normalized spacial score (nSPS) is 27.2. The minimum absolute atomic E-state index is 0.327. The zero-order valence-electron chi connectivity index (χ0n) is 15.6. The standard InChI is InChI=1S/C16H22O10S/c1-7(17)22-6-12-13(23-8(2)18)14(24-9(3)19)15(25-10(4)20)16(26-12)27-11(5)21/h12-16H,6H2,1-5H3/t12-,13-,14-,15-,16-/m0/s1. The third-order valence-electron chi connectivity index (χ3n) is 3.23. The minimum atomic E-state index is -1.26. The lowest BCUT2D eigenvalue weighted by atomic mass is 9.99. The second-order valence-corrected chi connectivity index (χ2v) is 6.95. The molecule has 0 unspecified atom stereocenters. The van der Waals surface area contributed by atoms with Crippen molar-refractivity contribution in [1.82, 2.24) is 0 Å². The summed E-state index contributed by atoms with van der Waals surface area (Å²) in [5.74, 6) is -2.76. The Balaban J connectivity index is 3.29. The molecular formula is C16H22O10S. The summed E-state index contributed by atoms with van der Waals surface area (Å²) in [7, 11) is 0. The summed E-state index contributed by atoms with van der Waals surface area (Å²) in [5, 5.41) is -0.351. The van der Waals surface area contributed by atoms with Crippen molar-refractivity contribution < 1.29 is 47.7 Å². The first-order valence-corrected chi connectivity index (χ1v) is 8.87. The fourth-order valence-electron chi connectivity index (χ4n) is 2.45. The van der Waals surface area contributed by atoms with Gasteiger partial charge in [0.25, 0.3) is 0 Å². The van der Waals surface area contributed by atoms with Gasteiger partial charge >= 0.3 is 23.9 Å². The number of thioether (sulfide) groups is 1. The number of rotatable bonds is 6. The summed E-state index contributed by atoms with van der Waals surface area (Å²) in [4.78, 5) is 57.3. The van der Waals surface area contributed by atoms with Gasteiger partial charge in [-0.25, -0.2) is 0 Å². The average molecular weight is 406 g/mol. The zero-order valence-corrected chi connectivity index (χ0v) is 16.4. The SMILES string of the molecule is CC(=O)OC[C@@H]1O[C@@H](SC(C)=O)[C@@H](OC(C)=O)[C@@H](OC(C)=O)[C@H]1OC(C)=O. The van der Waals surface area contributed by atoms with Crippen LogP contribution in [0.4, 0.5) is 0 Å². The van der Waals surface area contributed by atoms with Crippen LogP contribution in [0.5, 0.6) is 0 Å². The number of ether oxygens (including phenoxy) is 5. The molecule has 0 N–H and O–H groups in total. The summed E-state index contributed by atoms with van der Waals surface area (Å²) in [6.07, 6.45) is -4.76. The van der Waals surface area contributed by atoms with Crippen LogP contribution in [0.1, 0.15) is 34.6 Å². The molecule has 0 bridgehead atoms. The van der Waals surface area contributed by atoms with Gasteiger partial charge in [0.05, 0.1) is 0 Å². The molecule has 1 aliphatic heterocycles. The summed E-state index contributed by atoms with van der Waals surface area (Å²) >= 11 is 0.705. The topological polar surface area (TPSA) is 132 Å². The lowest BCUT2D eigenvalue weighted by molar-refractivity contribution is -0.237. The molecule has 0 aromatic carbocycles. The molecule has 0 spiro atoms. The van der Waals surface area contributed by atoms with E-state index in [-0.39, 0.29) is 11.7 Å². The summed E-state index contributed by atoms with van der Waals surface area (Å²) in [6.45, 7) is 5.51. The van der Waals surface area contributed by atoms with Gasteiger partial charge in [0.15, 0.2) is 28.9 Å². The molecule has 0 aromatic heterocycles. The van der Waals surface area contributed by atoms with Gasteiger partial charge in [0.2, 0.25) is 0 Å². The monoisotopic (exact) mass is 406 g/mol. The van der Waals surface area contributed by atoms with E-state index in [0.717, 1.165) is 20.8 Å². The second kappa shape index (κ2) is 10.3. The Kier molecular flexibility index (Phi) is 8.70. The highest BCUT2D eigenvalue weighted by Gasteiger charge is 2.52. The van der Waals surface area contributed by atoms with Crippen molar-refractivity contribution in [1.29, 1.82) is 0 Å². The molecule has 1 heterocycles. The van der Waals surface area contributed by atoms with E-state index in [4.69, 9.17) is 23.7 Å². The van der Waals surface area contributed by atoms with Crippen LogP contribution in [0.2, 0.25) is 0 Å². The molecule has 1 fully saturated rings. The number of esters is 4. The molecular weight excluding hydrogens is 384 g/mol. The van der Waals surface area contributed by atoms with E-state index in [1.165, 1.54) is 13.8 Å². The Morgan fingerprint density at radius 1 is 0.741 bits per heavy atom. The van der Waals surface area contributed by atoms with Gasteiger partial charge < -0.3 is 23.7 Å². The maximum atomic E-state index is 11.6. The number of hydrogen-bond donors (Lipinski definition) is 0. The summed E-state index contributed by atoms with van der Waals surface area (Å²) in [6, 6.07) is 0. The molecule has 1 aliphatic rings. The Morgan fingerprint density at radius 3 is 1.67 bits per heavy atom. The highest BCUT2D eigenvalue weighted by atomic mass is 32.2. The van der Waals surface area contributed by atoms with Crippen LogP contribution in [0, 0.1) is 0 Å². The van der Waals surface area contributed by atoms with Crippen molar-refractivity contribution in [2.24, 2.45) is 0 Å². The lowest BCUT2D eigenvalue weighted by Crippen LogP contribution is -2.61. The molecule has 11 heteroatoms. The molecule has 152 valence electrons. The molecule has 0 aliphatic carbocycles. The van der Waals surface area contributed by atoms with Gasteiger partial charge in [-0.1, -0.05) is 11.8 Å². The van der Waals surface area contributed by atoms with Gasteiger partial charge in [-0.05, 0) is 0 Å². The second-order valence-electron chi connectivity index (χ2n) is 5.68. The highest BCUT2D eigenvalue weighted by molar-refractivity contribution is 8.14. The van der Waals surface area contributed by atoms with Crippen molar-refractivity contribution >= 4 is 40.8 Å². The van der Waals surface area contributed by atoms with Crippen LogP contribution in [0.3, 0.4) is 0 Å². The van der Waals surface area contributed by atoms with Gasteiger partial charge in [-0.3, -0.25) is 24.0 Å². The van der Waals surface area contributed by atoms with Crippen LogP contribution < -0.4 is 0 Å². The third kappa shape index (κ3) is 7.55. The molecule has 5 atom stereocenters. The highest BCUT2D eigenvalue weighted by Crippen LogP contribution is 2.34. The van der Waals surface area contributed by atoms with Crippen LogP contribution in [0.25, 0.3) is 0 Å². The van der Waals surface area contributed by atoms with Crippen LogP contribution in [-0.2, 0) is 47.7 Å². The van der Waals surface area contributed by atoms with Crippen molar-refractivity contribution in [3.05, 3.63) is 0 Å². The Bertz CT molecular complexity index is 604. The first-order chi connectivity index (χ1) is 12.5. The van der Waals surface area contributed by atoms with Crippen molar-refractivity contribution in [3.63, 3.8) is 0 Å². The van der Waals surface area contributed by atoms with E-state index in [2.05, 4.69) is 0 Å². The van der Waals surface area contributed by atoms with Gasteiger partial charge in [-0.15, -0.1) is 0 Å². The quantitative estimate of drug-likeness (QED) is 0.447. The van der Waals surface area contributed by atoms with Crippen LogP contribution in [0.15, 0.2) is 0 Å². The van der Waals surface area contributed by atoms with E-state index in [9.17, 15) is 24.0 Å². The smallest absolute Gasteiger partial charge is 0.303 e. The molecule has 1 rings (SSSR count). The minimum Gasteiger partial charge on any atom is -0.463 e. The average Bonchev–Trinajstić information content (AvgIpc) is 2.49. The molecule has 27 heavy (non-hydrogen) atoms.